The molecule has 4 rings (SSSR count). The summed E-state index contributed by atoms with van der Waals surface area (Å²) in [6, 6.07) is 13.8. The van der Waals surface area contributed by atoms with Crippen molar-refractivity contribution in [3.05, 3.63) is 70.8 Å². The lowest BCUT2D eigenvalue weighted by Crippen LogP contribution is -2.45. The number of carbonyl (C=O) groups excluding carboxylic acids is 4. The van der Waals surface area contributed by atoms with Crippen LogP contribution in [0.2, 0.25) is 39.3 Å². The number of benzene rings is 2. The van der Waals surface area contributed by atoms with E-state index in [0.717, 1.165) is 12.5 Å². The fourth-order valence-corrected chi connectivity index (χ4v) is 8.30. The van der Waals surface area contributed by atoms with Crippen molar-refractivity contribution in [1.29, 1.82) is 0 Å². The first-order valence-electron chi connectivity index (χ1n) is 22.7. The monoisotopic (exact) mass is 930 g/mol. The van der Waals surface area contributed by atoms with Crippen LogP contribution in [-0.4, -0.2) is 217 Å². The molecule has 0 saturated carbocycles. The molecule has 16 nitrogen and oxygen atoms in total. The van der Waals surface area contributed by atoms with Crippen molar-refractivity contribution in [2.75, 3.05) is 157 Å². The lowest BCUT2D eigenvalue weighted by atomic mass is 10.1. The predicted octanol–water partition coefficient (Wildman–Crippen LogP) is 4.07. The van der Waals surface area contributed by atoms with Crippen molar-refractivity contribution in [3.8, 4) is 0 Å². The summed E-state index contributed by atoms with van der Waals surface area (Å²) < 4.78 is 45.9. The molecule has 2 heterocycles. The Morgan fingerprint density at radius 2 is 0.609 bits per heavy atom. The van der Waals surface area contributed by atoms with Crippen LogP contribution in [0.4, 0.5) is 0 Å². The second-order valence-corrected chi connectivity index (χ2v) is 29.0. The summed E-state index contributed by atoms with van der Waals surface area (Å²) in [6.07, 6.45) is 1.64. The molecule has 0 atom stereocenters. The standard InChI is InChI=1S/C46H74N4O12Si2/c1-63(2,3)37-61-35-33-59-31-29-57-27-25-55-23-21-47(17-19-49-43(51)39-11-7-8-12-40(39)44(49)52)15-16-48(18-20-50-45(53)41-13-9-10-14-42(41)46(50)54)22-24-56-26-28-58-30-32-60-34-36-62-38-64(4,5)6/h7-14H,15-38H2,1-6H3. The third-order valence-electron chi connectivity index (χ3n) is 10.2. The van der Waals surface area contributed by atoms with Crippen LogP contribution < -0.4 is 0 Å². The van der Waals surface area contributed by atoms with Gasteiger partial charge in [-0.25, -0.2) is 0 Å². The molecule has 0 unspecified atom stereocenters. The summed E-state index contributed by atoms with van der Waals surface area (Å²) in [4.78, 5) is 59.7. The van der Waals surface area contributed by atoms with Crippen LogP contribution in [0.25, 0.3) is 0 Å². The van der Waals surface area contributed by atoms with Crippen molar-refractivity contribution in [3.63, 3.8) is 0 Å². The van der Waals surface area contributed by atoms with Gasteiger partial charge in [-0.05, 0) is 24.3 Å². The molecule has 358 valence electrons. The van der Waals surface area contributed by atoms with Gasteiger partial charge in [-0.2, -0.15) is 0 Å². The van der Waals surface area contributed by atoms with E-state index in [1.807, 2.05) is 0 Å². The van der Waals surface area contributed by atoms with Gasteiger partial charge in [0.2, 0.25) is 0 Å². The van der Waals surface area contributed by atoms with Crippen molar-refractivity contribution in [1.82, 2.24) is 19.6 Å². The first-order chi connectivity index (χ1) is 30.7. The van der Waals surface area contributed by atoms with E-state index in [-0.39, 0.29) is 36.7 Å². The van der Waals surface area contributed by atoms with Gasteiger partial charge >= 0.3 is 0 Å². The lowest BCUT2D eigenvalue weighted by Gasteiger charge is -2.29. The molecule has 0 aliphatic carbocycles. The third-order valence-corrected chi connectivity index (χ3v) is 12.3. The second kappa shape index (κ2) is 28.7. The average molecular weight is 931 g/mol. The Balaban J connectivity index is 1.24. The highest BCUT2D eigenvalue weighted by molar-refractivity contribution is 6.76. The molecule has 0 saturated heterocycles. The maximum atomic E-state index is 13.2. The van der Waals surface area contributed by atoms with E-state index >= 15 is 0 Å². The normalized spacial score (nSPS) is 14.2. The minimum Gasteiger partial charge on any atom is -0.382 e. The van der Waals surface area contributed by atoms with E-state index in [2.05, 4.69) is 49.1 Å². The number of nitrogens with zero attached hydrogens (tertiary/aromatic N) is 4. The molecule has 0 bridgehead atoms. The second-order valence-electron chi connectivity index (χ2n) is 18.2. The summed E-state index contributed by atoms with van der Waals surface area (Å²) in [6.45, 7) is 23.7. The number of amides is 4. The Kier molecular flexibility index (Phi) is 23.9. The van der Waals surface area contributed by atoms with Crippen LogP contribution in [0.5, 0.6) is 0 Å². The minimum absolute atomic E-state index is 0.216. The predicted molar refractivity (Wildman–Crippen MR) is 250 cm³/mol. The number of imide groups is 2. The van der Waals surface area contributed by atoms with E-state index in [4.69, 9.17) is 37.9 Å². The first-order valence-corrected chi connectivity index (χ1v) is 30.1. The minimum atomic E-state index is -1.23. The number of carbonyl (C=O) groups is 4. The molecule has 2 aliphatic rings. The summed E-state index contributed by atoms with van der Waals surface area (Å²) >= 11 is 0. The number of hydrogen-bond acceptors (Lipinski definition) is 14. The first kappa shape index (κ1) is 53.4. The topological polar surface area (TPSA) is 155 Å². The van der Waals surface area contributed by atoms with E-state index in [9.17, 15) is 19.2 Å². The molecule has 2 aliphatic heterocycles. The zero-order chi connectivity index (χ0) is 46.2. The van der Waals surface area contributed by atoms with Gasteiger partial charge in [-0.15, -0.1) is 0 Å². The molecule has 2 aromatic rings. The van der Waals surface area contributed by atoms with Crippen molar-refractivity contribution >= 4 is 39.8 Å². The lowest BCUT2D eigenvalue weighted by molar-refractivity contribution is -0.00261. The Hall–Kier alpha value is -3.25. The molecule has 4 amide bonds. The molecule has 0 spiro atoms. The highest BCUT2D eigenvalue weighted by Gasteiger charge is 2.36. The van der Waals surface area contributed by atoms with Crippen molar-refractivity contribution in [2.24, 2.45) is 0 Å². The fraction of sp³-hybridized carbons (Fsp3) is 0.652. The largest absolute Gasteiger partial charge is 0.382 e. The van der Waals surface area contributed by atoms with E-state index in [1.54, 1.807) is 48.5 Å². The molecule has 18 heteroatoms. The molecule has 0 radical (unpaired) electrons. The molecular weight excluding hydrogens is 857 g/mol. The fourth-order valence-electron chi connectivity index (χ4n) is 6.78. The van der Waals surface area contributed by atoms with Gasteiger partial charge in [0.25, 0.3) is 23.6 Å². The number of hydrogen-bond donors (Lipinski definition) is 0. The van der Waals surface area contributed by atoms with Gasteiger partial charge in [-0.1, -0.05) is 63.5 Å². The maximum Gasteiger partial charge on any atom is 0.261 e. The molecule has 2 aromatic carbocycles. The third kappa shape index (κ3) is 19.7. The van der Waals surface area contributed by atoms with E-state index < -0.39 is 16.1 Å². The Morgan fingerprint density at radius 3 is 0.875 bits per heavy atom. The van der Waals surface area contributed by atoms with Crippen LogP contribution in [-0.2, 0) is 37.9 Å². The summed E-state index contributed by atoms with van der Waals surface area (Å²) in [5.74, 6) is -1.18. The highest BCUT2D eigenvalue weighted by atomic mass is 28.3. The molecule has 0 aromatic heterocycles. The van der Waals surface area contributed by atoms with Crippen molar-refractivity contribution < 1.29 is 57.1 Å². The molecule has 0 fully saturated rings. The molecule has 64 heavy (non-hydrogen) atoms. The zero-order valence-corrected chi connectivity index (χ0v) is 41.3. The van der Waals surface area contributed by atoms with Crippen LogP contribution in [0.3, 0.4) is 0 Å². The molecular formula is C46H74N4O12Si2. The Morgan fingerprint density at radius 1 is 0.359 bits per heavy atom. The van der Waals surface area contributed by atoms with Crippen LogP contribution in [0.15, 0.2) is 48.5 Å². The van der Waals surface area contributed by atoms with Gasteiger partial charge in [0.05, 0.1) is 131 Å². The molecule has 0 N–H and O–H groups in total. The van der Waals surface area contributed by atoms with Gasteiger partial charge < -0.3 is 37.9 Å². The number of ether oxygens (including phenoxy) is 8. The van der Waals surface area contributed by atoms with Crippen LogP contribution in [0.1, 0.15) is 41.4 Å². The Labute approximate surface area is 382 Å². The van der Waals surface area contributed by atoms with Crippen molar-refractivity contribution in [2.45, 2.75) is 39.3 Å². The van der Waals surface area contributed by atoms with Crippen LogP contribution >= 0.6 is 0 Å². The van der Waals surface area contributed by atoms with Gasteiger partial charge in [0.1, 0.15) is 0 Å². The zero-order valence-electron chi connectivity index (χ0n) is 39.3. The van der Waals surface area contributed by atoms with E-state index in [0.29, 0.717) is 154 Å². The number of fused-ring (bicyclic) bond motifs is 2. The summed E-state index contributed by atoms with van der Waals surface area (Å²) in [7, 11) is -2.45. The summed E-state index contributed by atoms with van der Waals surface area (Å²) in [5.41, 5.74) is 1.66. The smallest absolute Gasteiger partial charge is 0.261 e. The highest BCUT2D eigenvalue weighted by Crippen LogP contribution is 2.23. The van der Waals surface area contributed by atoms with Gasteiger partial charge in [0, 0.05) is 64.8 Å². The van der Waals surface area contributed by atoms with Gasteiger partial charge in [0.15, 0.2) is 0 Å². The van der Waals surface area contributed by atoms with Crippen LogP contribution in [0, 0.1) is 0 Å². The van der Waals surface area contributed by atoms with E-state index in [1.165, 1.54) is 9.80 Å². The maximum absolute atomic E-state index is 13.2. The SMILES string of the molecule is C[Si](C)(C)COCCOCCOCCOCCN(CCN(CCOCCOCCOCCOC[Si](C)(C)C)CCN1C(=O)c2ccccc2C1=O)CCN1C(=O)c2ccccc2C1=O. The Bertz CT molecular complexity index is 1530. The quantitative estimate of drug-likeness (QED) is 0.0544. The number of rotatable bonds is 37. The average Bonchev–Trinajstić information content (AvgIpc) is 3.65. The summed E-state index contributed by atoms with van der Waals surface area (Å²) in [5, 5.41) is 0. The van der Waals surface area contributed by atoms with Gasteiger partial charge in [-0.3, -0.25) is 38.8 Å².